The zero-order valence-electron chi connectivity index (χ0n) is 15.0. The Morgan fingerprint density at radius 1 is 1.24 bits per heavy atom. The Bertz CT molecular complexity index is 733. The lowest BCUT2D eigenvalue weighted by molar-refractivity contribution is -0.128. The second kappa shape index (κ2) is 8.77. The van der Waals surface area contributed by atoms with E-state index in [4.69, 9.17) is 21.1 Å². The van der Waals surface area contributed by atoms with Gasteiger partial charge in [0.25, 0.3) is 5.91 Å². The number of amides is 1. The van der Waals surface area contributed by atoms with Gasteiger partial charge in [0.2, 0.25) is 0 Å². The minimum absolute atomic E-state index is 0.0810. The summed E-state index contributed by atoms with van der Waals surface area (Å²) in [5.74, 6) is 1.24. The van der Waals surface area contributed by atoms with E-state index in [0.717, 1.165) is 23.3 Å². The summed E-state index contributed by atoms with van der Waals surface area (Å²) in [6.07, 6.45) is 0.161. The molecule has 0 saturated carbocycles. The largest absolute Gasteiger partial charge is 0.496 e. The van der Waals surface area contributed by atoms with E-state index in [1.807, 2.05) is 32.0 Å². The van der Waals surface area contributed by atoms with Crippen molar-refractivity contribution >= 4 is 17.5 Å². The maximum Gasteiger partial charge on any atom is 0.261 e. The number of carbonyl (C=O) groups is 1. The number of aryl methyl sites for hydroxylation is 1. The van der Waals surface area contributed by atoms with Crippen LogP contribution in [0.4, 0.5) is 0 Å². The van der Waals surface area contributed by atoms with Crippen LogP contribution >= 0.6 is 11.6 Å². The molecule has 5 heteroatoms. The molecule has 0 spiro atoms. The Kier molecular flexibility index (Phi) is 6.71. The van der Waals surface area contributed by atoms with Crippen molar-refractivity contribution in [2.75, 3.05) is 7.11 Å². The van der Waals surface area contributed by atoms with Crippen molar-refractivity contribution in [1.29, 1.82) is 0 Å². The number of halogens is 1. The van der Waals surface area contributed by atoms with Crippen LogP contribution in [-0.2, 0) is 4.79 Å². The standard InChI is InChI=1S/C20H24ClNO3/c1-5-18(15-9-10-19(24-4)13(2)11-15)22-20(23)14(3)25-17-8-6-7-16(21)12-17/h6-12,14,18H,5H2,1-4H3,(H,22,23)/t14-,18-/m1/s1. The van der Waals surface area contributed by atoms with Crippen LogP contribution in [0.1, 0.15) is 37.4 Å². The fraction of sp³-hybridized carbons (Fsp3) is 0.350. The Hall–Kier alpha value is -2.20. The Morgan fingerprint density at radius 3 is 2.60 bits per heavy atom. The van der Waals surface area contributed by atoms with Gasteiger partial charge in [-0.05, 0) is 55.7 Å². The summed E-state index contributed by atoms with van der Waals surface area (Å²) in [6, 6.07) is 12.9. The molecule has 0 heterocycles. The average Bonchev–Trinajstić information content (AvgIpc) is 2.59. The Balaban J connectivity index is 2.04. The number of rotatable bonds is 7. The molecule has 0 aliphatic rings. The normalized spacial score (nSPS) is 13.0. The predicted octanol–water partition coefficient (Wildman–Crippen LogP) is 4.69. The van der Waals surface area contributed by atoms with Gasteiger partial charge in [-0.1, -0.05) is 36.7 Å². The van der Waals surface area contributed by atoms with Crippen LogP contribution in [0.15, 0.2) is 42.5 Å². The van der Waals surface area contributed by atoms with Crippen molar-refractivity contribution in [2.24, 2.45) is 0 Å². The number of methoxy groups -OCH3 is 1. The van der Waals surface area contributed by atoms with Crippen LogP contribution in [0.5, 0.6) is 11.5 Å². The molecule has 0 saturated heterocycles. The lowest BCUT2D eigenvalue weighted by Gasteiger charge is -2.22. The van der Waals surface area contributed by atoms with Gasteiger partial charge in [-0.2, -0.15) is 0 Å². The van der Waals surface area contributed by atoms with Crippen LogP contribution in [-0.4, -0.2) is 19.1 Å². The van der Waals surface area contributed by atoms with E-state index in [0.29, 0.717) is 10.8 Å². The molecule has 0 aromatic heterocycles. The van der Waals surface area contributed by atoms with E-state index in [9.17, 15) is 4.79 Å². The topological polar surface area (TPSA) is 47.6 Å². The molecule has 4 nitrogen and oxygen atoms in total. The fourth-order valence-electron chi connectivity index (χ4n) is 2.63. The van der Waals surface area contributed by atoms with E-state index in [2.05, 4.69) is 5.32 Å². The lowest BCUT2D eigenvalue weighted by Crippen LogP contribution is -2.38. The second-order valence-corrected chi connectivity index (χ2v) is 6.35. The van der Waals surface area contributed by atoms with Gasteiger partial charge in [-0.15, -0.1) is 0 Å². The van der Waals surface area contributed by atoms with E-state index in [1.165, 1.54) is 0 Å². The van der Waals surface area contributed by atoms with Gasteiger partial charge in [-0.3, -0.25) is 4.79 Å². The minimum atomic E-state index is -0.619. The van der Waals surface area contributed by atoms with Crippen LogP contribution < -0.4 is 14.8 Å². The number of hydrogen-bond acceptors (Lipinski definition) is 3. The first kappa shape index (κ1) is 19.1. The highest BCUT2D eigenvalue weighted by atomic mass is 35.5. The average molecular weight is 362 g/mol. The highest BCUT2D eigenvalue weighted by Crippen LogP contribution is 2.24. The highest BCUT2D eigenvalue weighted by molar-refractivity contribution is 6.30. The molecule has 0 bridgehead atoms. The molecule has 2 aromatic rings. The molecule has 0 radical (unpaired) electrons. The van der Waals surface area contributed by atoms with Crippen LogP contribution in [0.3, 0.4) is 0 Å². The summed E-state index contributed by atoms with van der Waals surface area (Å²) in [6.45, 7) is 5.75. The van der Waals surface area contributed by atoms with E-state index in [1.54, 1.807) is 38.3 Å². The summed E-state index contributed by atoms with van der Waals surface area (Å²) in [7, 11) is 1.65. The van der Waals surface area contributed by atoms with Crippen molar-refractivity contribution in [3.05, 3.63) is 58.6 Å². The molecular formula is C20H24ClNO3. The molecular weight excluding hydrogens is 338 g/mol. The van der Waals surface area contributed by atoms with Gasteiger partial charge in [0.15, 0.2) is 6.10 Å². The third kappa shape index (κ3) is 5.13. The van der Waals surface area contributed by atoms with E-state index < -0.39 is 6.10 Å². The van der Waals surface area contributed by atoms with Crippen LogP contribution in [0.2, 0.25) is 5.02 Å². The van der Waals surface area contributed by atoms with Crippen molar-refractivity contribution in [1.82, 2.24) is 5.32 Å². The van der Waals surface area contributed by atoms with E-state index >= 15 is 0 Å². The highest BCUT2D eigenvalue weighted by Gasteiger charge is 2.20. The third-order valence-corrected chi connectivity index (χ3v) is 4.26. The number of nitrogens with one attached hydrogen (secondary N) is 1. The maximum absolute atomic E-state index is 12.5. The fourth-order valence-corrected chi connectivity index (χ4v) is 2.81. The van der Waals surface area contributed by atoms with Gasteiger partial charge in [-0.25, -0.2) is 0 Å². The molecule has 2 atom stereocenters. The number of hydrogen-bond donors (Lipinski definition) is 1. The first-order chi connectivity index (χ1) is 11.9. The minimum Gasteiger partial charge on any atom is -0.496 e. The summed E-state index contributed by atoms with van der Waals surface area (Å²) in [5.41, 5.74) is 2.08. The number of ether oxygens (including phenoxy) is 2. The van der Waals surface area contributed by atoms with Crippen molar-refractivity contribution < 1.29 is 14.3 Å². The predicted molar refractivity (Wildman–Crippen MR) is 100 cm³/mol. The summed E-state index contributed by atoms with van der Waals surface area (Å²) >= 11 is 5.94. The molecule has 0 aliphatic heterocycles. The van der Waals surface area contributed by atoms with Crippen LogP contribution in [0.25, 0.3) is 0 Å². The zero-order chi connectivity index (χ0) is 18.4. The summed E-state index contributed by atoms with van der Waals surface area (Å²) in [4.78, 5) is 12.5. The molecule has 1 N–H and O–H groups in total. The van der Waals surface area contributed by atoms with Gasteiger partial charge in [0.05, 0.1) is 13.2 Å². The Labute approximate surface area is 154 Å². The molecule has 0 aliphatic carbocycles. The van der Waals surface area contributed by atoms with Crippen LogP contribution in [0, 0.1) is 6.92 Å². The summed E-state index contributed by atoms with van der Waals surface area (Å²) < 4.78 is 11.0. The van der Waals surface area contributed by atoms with Gasteiger partial charge in [0, 0.05) is 5.02 Å². The first-order valence-electron chi connectivity index (χ1n) is 8.31. The lowest BCUT2D eigenvalue weighted by atomic mass is 10.0. The molecule has 25 heavy (non-hydrogen) atoms. The quantitative estimate of drug-likeness (QED) is 0.778. The monoisotopic (exact) mass is 361 g/mol. The van der Waals surface area contributed by atoms with E-state index in [-0.39, 0.29) is 11.9 Å². The van der Waals surface area contributed by atoms with Gasteiger partial charge in [0.1, 0.15) is 11.5 Å². The first-order valence-corrected chi connectivity index (χ1v) is 8.69. The molecule has 2 aromatic carbocycles. The van der Waals surface area contributed by atoms with Crippen molar-refractivity contribution in [3.8, 4) is 11.5 Å². The maximum atomic E-state index is 12.5. The van der Waals surface area contributed by atoms with Gasteiger partial charge >= 0.3 is 0 Å². The van der Waals surface area contributed by atoms with Gasteiger partial charge < -0.3 is 14.8 Å². The zero-order valence-corrected chi connectivity index (χ0v) is 15.8. The van der Waals surface area contributed by atoms with Crippen molar-refractivity contribution in [2.45, 2.75) is 39.3 Å². The Morgan fingerprint density at radius 2 is 2.00 bits per heavy atom. The second-order valence-electron chi connectivity index (χ2n) is 5.92. The number of benzene rings is 2. The smallest absolute Gasteiger partial charge is 0.261 e. The molecule has 2 rings (SSSR count). The van der Waals surface area contributed by atoms with Crippen molar-refractivity contribution in [3.63, 3.8) is 0 Å². The summed E-state index contributed by atoms with van der Waals surface area (Å²) in [5, 5.41) is 3.62. The molecule has 0 unspecified atom stereocenters. The molecule has 134 valence electrons. The molecule has 1 amide bonds. The molecule has 0 fully saturated rings. The third-order valence-electron chi connectivity index (χ3n) is 4.02. The number of carbonyl (C=O) groups excluding carboxylic acids is 1. The SMILES string of the molecule is CC[C@@H](NC(=O)[C@@H](C)Oc1cccc(Cl)c1)c1ccc(OC)c(C)c1.